The zero-order valence-electron chi connectivity index (χ0n) is 6.93. The molecule has 2 heteroatoms. The van der Waals surface area contributed by atoms with Crippen LogP contribution in [0, 0.1) is 12.3 Å². The van der Waals surface area contributed by atoms with Gasteiger partial charge in [-0.05, 0) is 13.3 Å². The van der Waals surface area contributed by atoms with Crippen LogP contribution in [0.3, 0.4) is 0 Å². The van der Waals surface area contributed by atoms with Crippen LogP contribution in [0.25, 0.3) is 0 Å². The summed E-state index contributed by atoms with van der Waals surface area (Å²) in [7, 11) is 0. The summed E-state index contributed by atoms with van der Waals surface area (Å²) in [5.74, 6) is 3.76. The highest BCUT2D eigenvalue weighted by molar-refractivity contribution is 5.83. The van der Waals surface area contributed by atoms with Crippen LogP contribution >= 0.6 is 0 Å². The second-order valence-corrected chi connectivity index (χ2v) is 2.89. The van der Waals surface area contributed by atoms with Crippen molar-refractivity contribution in [1.29, 1.82) is 0 Å². The highest BCUT2D eigenvalue weighted by Gasteiger charge is 2.07. The molecule has 0 fully saturated rings. The van der Waals surface area contributed by atoms with E-state index in [1.54, 1.807) is 0 Å². The van der Waals surface area contributed by atoms with Gasteiger partial charge in [0.15, 0.2) is 0 Å². The first kappa shape index (κ1) is 8.13. The molecule has 11 heavy (non-hydrogen) atoms. The molecule has 1 unspecified atom stereocenters. The van der Waals surface area contributed by atoms with Crippen molar-refractivity contribution in [2.45, 2.75) is 32.2 Å². The fourth-order valence-corrected chi connectivity index (χ4v) is 1.17. The monoisotopic (exact) mass is 150 g/mol. The molecule has 0 bridgehead atoms. The molecule has 0 saturated heterocycles. The maximum absolute atomic E-state index is 5.17. The van der Waals surface area contributed by atoms with Crippen molar-refractivity contribution >= 4 is 5.84 Å². The van der Waals surface area contributed by atoms with Gasteiger partial charge in [-0.25, -0.2) is 0 Å². The minimum atomic E-state index is 0.372. The van der Waals surface area contributed by atoms with E-state index < -0.39 is 0 Å². The molecule has 1 atom stereocenters. The molecular formula is C9H14N2. The third-order valence-electron chi connectivity index (χ3n) is 1.71. The number of rotatable bonds is 2. The Balaban J connectivity index is 2.25. The minimum Gasteiger partial charge on any atom is -0.370 e. The lowest BCUT2D eigenvalue weighted by atomic mass is 10.2. The van der Waals surface area contributed by atoms with Gasteiger partial charge in [-0.15, -0.1) is 12.3 Å². The Bertz CT molecular complexity index is 188. The molecular weight excluding hydrogens is 136 g/mol. The van der Waals surface area contributed by atoms with Crippen molar-refractivity contribution in [3.8, 4) is 12.3 Å². The van der Waals surface area contributed by atoms with Gasteiger partial charge in [-0.2, -0.15) is 0 Å². The molecule has 0 aromatic rings. The lowest BCUT2D eigenvalue weighted by Gasteiger charge is -2.11. The predicted octanol–water partition coefficient (Wildman–Crippen LogP) is 1.18. The second kappa shape index (κ2) is 4.02. The summed E-state index contributed by atoms with van der Waals surface area (Å²) in [4.78, 5) is 4.29. The van der Waals surface area contributed by atoms with Gasteiger partial charge in [0.2, 0.25) is 0 Å². The van der Waals surface area contributed by atoms with Crippen molar-refractivity contribution in [3.05, 3.63) is 0 Å². The Hall–Kier alpha value is -0.970. The first-order chi connectivity index (χ1) is 5.33. The molecule has 0 amide bonds. The highest BCUT2D eigenvalue weighted by atomic mass is 15.0. The normalized spacial score (nSPS) is 18.7. The van der Waals surface area contributed by atoms with Crippen LogP contribution in [-0.4, -0.2) is 18.4 Å². The van der Waals surface area contributed by atoms with Gasteiger partial charge < -0.3 is 5.32 Å². The molecule has 0 aromatic heterocycles. The van der Waals surface area contributed by atoms with E-state index in [1.165, 1.54) is 6.42 Å². The zero-order valence-corrected chi connectivity index (χ0v) is 6.93. The number of nitrogens with zero attached hydrogens (tertiary/aromatic N) is 1. The minimum absolute atomic E-state index is 0.372. The molecule has 1 aliphatic heterocycles. The van der Waals surface area contributed by atoms with E-state index in [9.17, 15) is 0 Å². The number of amidine groups is 1. The average Bonchev–Trinajstić information content (AvgIpc) is 2.40. The molecule has 1 heterocycles. The topological polar surface area (TPSA) is 24.4 Å². The van der Waals surface area contributed by atoms with Crippen LogP contribution < -0.4 is 5.32 Å². The maximum atomic E-state index is 5.17. The lowest BCUT2D eigenvalue weighted by Crippen LogP contribution is -2.30. The Kier molecular flexibility index (Phi) is 2.97. The van der Waals surface area contributed by atoms with Gasteiger partial charge in [0.25, 0.3) is 0 Å². The standard InChI is InChI=1S/C9H14N2/c1-3-5-8(2)11-9-6-4-7-10-9/h1,8H,4-7H2,2H3,(H,10,11). The van der Waals surface area contributed by atoms with Gasteiger partial charge in [-0.3, -0.25) is 4.99 Å². The molecule has 0 spiro atoms. The Labute approximate surface area is 68.1 Å². The number of aliphatic imine (C=N–C) groups is 1. The van der Waals surface area contributed by atoms with Crippen molar-refractivity contribution in [2.75, 3.05) is 6.54 Å². The van der Waals surface area contributed by atoms with Crippen molar-refractivity contribution < 1.29 is 0 Å². The molecule has 60 valence electrons. The fourth-order valence-electron chi connectivity index (χ4n) is 1.17. The third-order valence-corrected chi connectivity index (χ3v) is 1.71. The van der Waals surface area contributed by atoms with Gasteiger partial charge in [0.05, 0.1) is 5.84 Å². The van der Waals surface area contributed by atoms with Crippen molar-refractivity contribution in [1.82, 2.24) is 5.32 Å². The summed E-state index contributed by atoms with van der Waals surface area (Å²) >= 11 is 0. The molecule has 2 nitrogen and oxygen atoms in total. The predicted molar refractivity (Wildman–Crippen MR) is 47.6 cm³/mol. The van der Waals surface area contributed by atoms with Crippen LogP contribution in [0.5, 0.6) is 0 Å². The van der Waals surface area contributed by atoms with E-state index in [-0.39, 0.29) is 0 Å². The quantitative estimate of drug-likeness (QED) is 0.587. The molecule has 0 saturated carbocycles. The van der Waals surface area contributed by atoms with Crippen LogP contribution in [-0.2, 0) is 0 Å². The van der Waals surface area contributed by atoms with E-state index in [0.29, 0.717) is 6.04 Å². The van der Waals surface area contributed by atoms with E-state index in [2.05, 4.69) is 23.2 Å². The SMILES string of the molecule is C#CCC(C)NC1=NCCC1. The summed E-state index contributed by atoms with van der Waals surface area (Å²) in [6, 6.07) is 0.372. The summed E-state index contributed by atoms with van der Waals surface area (Å²) < 4.78 is 0. The average molecular weight is 150 g/mol. The van der Waals surface area contributed by atoms with Gasteiger partial charge in [-0.1, -0.05) is 0 Å². The lowest BCUT2D eigenvalue weighted by molar-refractivity contribution is 0.678. The van der Waals surface area contributed by atoms with E-state index in [0.717, 1.165) is 25.2 Å². The summed E-state index contributed by atoms with van der Waals surface area (Å²) in [6.07, 6.45) is 8.23. The molecule has 1 rings (SSSR count). The molecule has 0 radical (unpaired) electrons. The van der Waals surface area contributed by atoms with Crippen LogP contribution in [0.4, 0.5) is 0 Å². The summed E-state index contributed by atoms with van der Waals surface area (Å²) in [5.41, 5.74) is 0. The largest absolute Gasteiger partial charge is 0.370 e. The number of terminal acetylenes is 1. The van der Waals surface area contributed by atoms with Gasteiger partial charge >= 0.3 is 0 Å². The van der Waals surface area contributed by atoms with E-state index >= 15 is 0 Å². The smallest absolute Gasteiger partial charge is 0.0966 e. The number of hydrogen-bond donors (Lipinski definition) is 1. The molecule has 1 aliphatic rings. The summed E-state index contributed by atoms with van der Waals surface area (Å²) in [6.45, 7) is 3.06. The fraction of sp³-hybridized carbons (Fsp3) is 0.667. The maximum Gasteiger partial charge on any atom is 0.0966 e. The third kappa shape index (κ3) is 2.63. The van der Waals surface area contributed by atoms with Crippen LogP contribution in [0.15, 0.2) is 4.99 Å². The van der Waals surface area contributed by atoms with Crippen LogP contribution in [0.2, 0.25) is 0 Å². The number of nitrogens with one attached hydrogen (secondary N) is 1. The Morgan fingerprint density at radius 1 is 1.82 bits per heavy atom. The van der Waals surface area contributed by atoms with Crippen LogP contribution in [0.1, 0.15) is 26.2 Å². The first-order valence-corrected chi connectivity index (χ1v) is 4.06. The highest BCUT2D eigenvalue weighted by Crippen LogP contribution is 2.02. The zero-order chi connectivity index (χ0) is 8.10. The molecule has 0 aliphatic carbocycles. The van der Waals surface area contributed by atoms with Crippen molar-refractivity contribution in [2.24, 2.45) is 4.99 Å². The van der Waals surface area contributed by atoms with E-state index in [1.807, 2.05) is 0 Å². The van der Waals surface area contributed by atoms with Gasteiger partial charge in [0.1, 0.15) is 0 Å². The molecule has 0 aromatic carbocycles. The second-order valence-electron chi connectivity index (χ2n) is 2.89. The number of hydrogen-bond acceptors (Lipinski definition) is 2. The van der Waals surface area contributed by atoms with Gasteiger partial charge in [0, 0.05) is 25.4 Å². The van der Waals surface area contributed by atoms with Crippen molar-refractivity contribution in [3.63, 3.8) is 0 Å². The Morgan fingerprint density at radius 2 is 2.64 bits per heavy atom. The molecule has 1 N–H and O–H groups in total. The first-order valence-electron chi connectivity index (χ1n) is 4.06. The summed E-state index contributed by atoms with van der Waals surface area (Å²) in [5, 5.41) is 3.29. The van der Waals surface area contributed by atoms with E-state index in [4.69, 9.17) is 6.42 Å². The Morgan fingerprint density at radius 3 is 3.18 bits per heavy atom.